The molecule has 0 aromatic carbocycles. The SMILES string of the molecule is CCC(C)C(C)C(O)C(C(C)C)C(C)C. The van der Waals surface area contributed by atoms with E-state index >= 15 is 0 Å². The van der Waals surface area contributed by atoms with Crippen LogP contribution in [0.4, 0.5) is 0 Å². The van der Waals surface area contributed by atoms with Crippen LogP contribution in [0, 0.1) is 29.6 Å². The summed E-state index contributed by atoms with van der Waals surface area (Å²) in [6.45, 7) is 15.5. The van der Waals surface area contributed by atoms with Gasteiger partial charge >= 0.3 is 0 Å². The highest BCUT2D eigenvalue weighted by atomic mass is 16.3. The van der Waals surface area contributed by atoms with E-state index < -0.39 is 0 Å². The Labute approximate surface area is 96.3 Å². The summed E-state index contributed by atoms with van der Waals surface area (Å²) in [6.07, 6.45) is 1.00. The first kappa shape index (κ1) is 15.0. The van der Waals surface area contributed by atoms with E-state index in [1.54, 1.807) is 0 Å². The molecule has 0 aromatic rings. The van der Waals surface area contributed by atoms with Crippen LogP contribution >= 0.6 is 0 Å². The van der Waals surface area contributed by atoms with E-state index in [-0.39, 0.29) is 6.10 Å². The Kier molecular flexibility index (Phi) is 6.51. The molecule has 3 atom stereocenters. The summed E-state index contributed by atoms with van der Waals surface area (Å²) in [5.74, 6) is 2.57. The summed E-state index contributed by atoms with van der Waals surface area (Å²) in [6, 6.07) is 0. The van der Waals surface area contributed by atoms with Crippen molar-refractivity contribution in [1.29, 1.82) is 0 Å². The Morgan fingerprint density at radius 3 is 1.53 bits per heavy atom. The molecule has 0 aromatic heterocycles. The monoisotopic (exact) mass is 214 g/mol. The lowest BCUT2D eigenvalue weighted by molar-refractivity contribution is -0.00482. The van der Waals surface area contributed by atoms with Crippen molar-refractivity contribution in [3.05, 3.63) is 0 Å². The standard InChI is InChI=1S/C14H30O/c1-8-11(6)12(7)14(15)13(9(2)3)10(4)5/h9-15H,8H2,1-7H3. The molecule has 0 saturated heterocycles. The fraction of sp³-hybridized carbons (Fsp3) is 1.00. The normalized spacial score (nSPS) is 18.6. The zero-order valence-electron chi connectivity index (χ0n) is 11.6. The highest BCUT2D eigenvalue weighted by Gasteiger charge is 2.31. The summed E-state index contributed by atoms with van der Waals surface area (Å²) < 4.78 is 0. The van der Waals surface area contributed by atoms with Crippen molar-refractivity contribution < 1.29 is 5.11 Å². The second kappa shape index (κ2) is 6.52. The van der Waals surface area contributed by atoms with Gasteiger partial charge in [0.05, 0.1) is 6.10 Å². The Morgan fingerprint density at radius 1 is 0.867 bits per heavy atom. The summed E-state index contributed by atoms with van der Waals surface area (Å²) in [4.78, 5) is 0. The molecule has 0 aliphatic heterocycles. The van der Waals surface area contributed by atoms with Gasteiger partial charge in [0.2, 0.25) is 0 Å². The molecule has 0 rings (SSSR count). The summed E-state index contributed by atoms with van der Waals surface area (Å²) in [7, 11) is 0. The van der Waals surface area contributed by atoms with Crippen molar-refractivity contribution in [2.24, 2.45) is 29.6 Å². The molecule has 0 heterocycles. The Balaban J connectivity index is 4.55. The van der Waals surface area contributed by atoms with Crippen LogP contribution in [0.15, 0.2) is 0 Å². The van der Waals surface area contributed by atoms with Crippen molar-refractivity contribution in [1.82, 2.24) is 0 Å². The molecule has 15 heavy (non-hydrogen) atoms. The molecule has 0 amide bonds. The lowest BCUT2D eigenvalue weighted by Gasteiger charge is -2.35. The predicted molar refractivity (Wildman–Crippen MR) is 67.8 cm³/mol. The summed E-state index contributed by atoms with van der Waals surface area (Å²) in [5.41, 5.74) is 0. The van der Waals surface area contributed by atoms with Crippen LogP contribution in [0.1, 0.15) is 54.9 Å². The van der Waals surface area contributed by atoms with Gasteiger partial charge in [0.15, 0.2) is 0 Å². The maximum atomic E-state index is 10.4. The molecule has 0 aliphatic carbocycles. The van der Waals surface area contributed by atoms with E-state index in [0.29, 0.717) is 29.6 Å². The molecule has 1 N–H and O–H groups in total. The number of aliphatic hydroxyl groups is 1. The van der Waals surface area contributed by atoms with Crippen LogP contribution < -0.4 is 0 Å². The largest absolute Gasteiger partial charge is 0.393 e. The van der Waals surface area contributed by atoms with Gasteiger partial charge in [-0.2, -0.15) is 0 Å². The topological polar surface area (TPSA) is 20.2 Å². The Bertz CT molecular complexity index is 155. The minimum Gasteiger partial charge on any atom is -0.393 e. The predicted octanol–water partition coefficient (Wildman–Crippen LogP) is 3.96. The quantitative estimate of drug-likeness (QED) is 0.709. The number of aliphatic hydroxyl groups excluding tert-OH is 1. The molecule has 0 spiro atoms. The minimum atomic E-state index is -0.153. The maximum Gasteiger partial charge on any atom is 0.0601 e. The van der Waals surface area contributed by atoms with E-state index in [0.717, 1.165) is 6.42 Å². The smallest absolute Gasteiger partial charge is 0.0601 e. The third kappa shape index (κ3) is 4.14. The summed E-state index contributed by atoms with van der Waals surface area (Å²) >= 11 is 0. The number of hydrogen-bond donors (Lipinski definition) is 1. The lowest BCUT2D eigenvalue weighted by atomic mass is 9.73. The highest BCUT2D eigenvalue weighted by molar-refractivity contribution is 4.80. The summed E-state index contributed by atoms with van der Waals surface area (Å²) in [5, 5.41) is 10.4. The van der Waals surface area contributed by atoms with Crippen LogP contribution in [0.2, 0.25) is 0 Å². The van der Waals surface area contributed by atoms with Gasteiger partial charge in [-0.25, -0.2) is 0 Å². The van der Waals surface area contributed by atoms with E-state index in [1.165, 1.54) is 0 Å². The van der Waals surface area contributed by atoms with Crippen LogP contribution in [0.25, 0.3) is 0 Å². The average molecular weight is 214 g/mol. The second-order valence-electron chi connectivity index (χ2n) is 5.80. The van der Waals surface area contributed by atoms with Crippen molar-refractivity contribution in [3.8, 4) is 0 Å². The van der Waals surface area contributed by atoms with Gasteiger partial charge in [0.1, 0.15) is 0 Å². The van der Waals surface area contributed by atoms with Gasteiger partial charge in [-0.05, 0) is 29.6 Å². The molecule has 92 valence electrons. The van der Waals surface area contributed by atoms with Crippen molar-refractivity contribution in [2.75, 3.05) is 0 Å². The fourth-order valence-electron chi connectivity index (χ4n) is 2.62. The van der Waals surface area contributed by atoms with E-state index in [9.17, 15) is 5.11 Å². The first-order valence-electron chi connectivity index (χ1n) is 6.50. The third-order valence-corrected chi connectivity index (χ3v) is 4.01. The zero-order valence-corrected chi connectivity index (χ0v) is 11.6. The maximum absolute atomic E-state index is 10.4. The Hall–Kier alpha value is -0.0400. The molecule has 0 fully saturated rings. The molecule has 1 nitrogen and oxygen atoms in total. The van der Waals surface area contributed by atoms with Crippen LogP contribution in [0.5, 0.6) is 0 Å². The van der Waals surface area contributed by atoms with Crippen molar-refractivity contribution >= 4 is 0 Å². The first-order chi connectivity index (χ1) is 6.82. The second-order valence-corrected chi connectivity index (χ2v) is 5.80. The fourth-order valence-corrected chi connectivity index (χ4v) is 2.62. The van der Waals surface area contributed by atoms with Gasteiger partial charge in [-0.1, -0.05) is 54.9 Å². The van der Waals surface area contributed by atoms with Gasteiger partial charge < -0.3 is 5.11 Å². The highest BCUT2D eigenvalue weighted by Crippen LogP contribution is 2.31. The van der Waals surface area contributed by atoms with Crippen molar-refractivity contribution in [3.63, 3.8) is 0 Å². The van der Waals surface area contributed by atoms with Gasteiger partial charge in [0, 0.05) is 0 Å². The molecular weight excluding hydrogens is 184 g/mol. The van der Waals surface area contributed by atoms with E-state index in [4.69, 9.17) is 0 Å². The number of hydrogen-bond acceptors (Lipinski definition) is 1. The molecule has 0 aliphatic rings. The molecule has 0 radical (unpaired) electrons. The van der Waals surface area contributed by atoms with E-state index in [2.05, 4.69) is 48.5 Å². The number of rotatable bonds is 6. The molecule has 1 heteroatoms. The zero-order chi connectivity index (χ0) is 12.2. The van der Waals surface area contributed by atoms with Gasteiger partial charge in [-0.15, -0.1) is 0 Å². The molecule has 3 unspecified atom stereocenters. The Morgan fingerprint density at radius 2 is 1.27 bits per heavy atom. The third-order valence-electron chi connectivity index (χ3n) is 4.01. The minimum absolute atomic E-state index is 0.153. The van der Waals surface area contributed by atoms with Crippen LogP contribution in [-0.4, -0.2) is 11.2 Å². The molecule has 0 bridgehead atoms. The van der Waals surface area contributed by atoms with Crippen molar-refractivity contribution in [2.45, 2.75) is 61.0 Å². The lowest BCUT2D eigenvalue weighted by Crippen LogP contribution is -2.37. The average Bonchev–Trinajstić information content (AvgIpc) is 2.14. The van der Waals surface area contributed by atoms with Crippen LogP contribution in [0.3, 0.4) is 0 Å². The van der Waals surface area contributed by atoms with Gasteiger partial charge in [-0.3, -0.25) is 0 Å². The van der Waals surface area contributed by atoms with E-state index in [1.807, 2.05) is 0 Å². The van der Waals surface area contributed by atoms with Crippen LogP contribution in [-0.2, 0) is 0 Å². The molecular formula is C14H30O. The van der Waals surface area contributed by atoms with Gasteiger partial charge in [0.25, 0.3) is 0 Å². The molecule has 0 saturated carbocycles. The first-order valence-corrected chi connectivity index (χ1v) is 6.50.